The molecule has 0 unspecified atom stereocenters. The highest BCUT2D eigenvalue weighted by molar-refractivity contribution is 7.89. The van der Waals surface area contributed by atoms with Crippen LogP contribution in [0.5, 0.6) is 5.75 Å². The van der Waals surface area contributed by atoms with Crippen molar-refractivity contribution in [3.63, 3.8) is 0 Å². The third kappa shape index (κ3) is 3.96. The Morgan fingerprint density at radius 3 is 2.79 bits per heavy atom. The van der Waals surface area contributed by atoms with Crippen LogP contribution < -0.4 is 10.5 Å². The fourth-order valence-electron chi connectivity index (χ4n) is 7.47. The van der Waals surface area contributed by atoms with Gasteiger partial charge in [-0.05, 0) is 102 Å². The summed E-state index contributed by atoms with van der Waals surface area (Å²) in [6, 6.07) is 8.78. The van der Waals surface area contributed by atoms with Crippen molar-refractivity contribution in [3.8, 4) is 17.6 Å². The highest BCUT2D eigenvalue weighted by atomic mass is 32.2. The van der Waals surface area contributed by atoms with Crippen LogP contribution in [0.1, 0.15) is 62.5 Å². The molecule has 10 heteroatoms. The number of benzene rings is 2. The Morgan fingerprint density at radius 1 is 1.16 bits per heavy atom. The number of nitrogens with zero attached hydrogens (tertiary/aromatic N) is 2. The molecule has 0 saturated heterocycles. The number of phenols is 1. The van der Waals surface area contributed by atoms with Gasteiger partial charge in [0.2, 0.25) is 10.0 Å². The van der Waals surface area contributed by atoms with Gasteiger partial charge in [0.15, 0.2) is 11.0 Å². The first-order valence-electron chi connectivity index (χ1n) is 13.2. The summed E-state index contributed by atoms with van der Waals surface area (Å²) in [4.78, 5) is -0.139. The minimum absolute atomic E-state index is 0.0838. The van der Waals surface area contributed by atoms with Crippen molar-refractivity contribution in [3.05, 3.63) is 41.5 Å². The zero-order valence-electron chi connectivity index (χ0n) is 21.3. The first-order chi connectivity index (χ1) is 18.1. The van der Waals surface area contributed by atoms with Crippen molar-refractivity contribution in [1.29, 1.82) is 0 Å². The van der Waals surface area contributed by atoms with Crippen LogP contribution in [0.4, 0.5) is 5.69 Å². The van der Waals surface area contributed by atoms with Crippen molar-refractivity contribution in [2.24, 2.45) is 22.4 Å². The lowest BCUT2D eigenvalue weighted by Crippen LogP contribution is -2.50. The van der Waals surface area contributed by atoms with Gasteiger partial charge in [0, 0.05) is 18.4 Å². The zero-order chi connectivity index (χ0) is 26.7. The van der Waals surface area contributed by atoms with Crippen LogP contribution >= 0.6 is 0 Å². The summed E-state index contributed by atoms with van der Waals surface area (Å²) < 4.78 is 28.3. The molecule has 3 aliphatic carbocycles. The molecule has 2 saturated carbocycles. The predicted octanol–water partition coefficient (Wildman–Crippen LogP) is 3.67. The molecule has 0 amide bonds. The average molecular weight is 537 g/mol. The number of phenolic OH excluding ortho intramolecular Hbond substituents is 1. The molecule has 1 heterocycles. The molecule has 2 fully saturated rings. The van der Waals surface area contributed by atoms with Crippen LogP contribution in [0.2, 0.25) is 0 Å². The van der Waals surface area contributed by atoms with Crippen LogP contribution in [0.25, 0.3) is 11.0 Å². The van der Waals surface area contributed by atoms with Crippen LogP contribution in [0.15, 0.2) is 39.9 Å². The summed E-state index contributed by atoms with van der Waals surface area (Å²) >= 11 is 0. The van der Waals surface area contributed by atoms with E-state index in [1.54, 1.807) is 12.1 Å². The minimum atomic E-state index is -3.95. The molecular weight excluding hydrogens is 504 g/mol. The molecule has 6 rings (SSSR count). The fraction of sp³-hybridized carbons (Fsp3) is 0.500. The third-order valence-electron chi connectivity index (χ3n) is 9.41. The van der Waals surface area contributed by atoms with E-state index < -0.39 is 15.6 Å². The summed E-state index contributed by atoms with van der Waals surface area (Å²) in [6.45, 7) is 2.70. The second-order valence-electron chi connectivity index (χ2n) is 11.2. The largest absolute Gasteiger partial charge is 0.508 e. The lowest BCUT2D eigenvalue weighted by Gasteiger charge is -2.52. The molecule has 0 radical (unpaired) electrons. The highest BCUT2D eigenvalue weighted by Gasteiger charge is 2.61. The number of aryl methyl sites for hydroxylation is 1. The Hall–Kier alpha value is -3.13. The molecule has 200 valence electrons. The Bertz CT molecular complexity index is 1570. The van der Waals surface area contributed by atoms with Crippen molar-refractivity contribution in [1.82, 2.24) is 10.3 Å². The van der Waals surface area contributed by atoms with Gasteiger partial charge < -0.3 is 15.5 Å². The van der Waals surface area contributed by atoms with Crippen LogP contribution in [-0.2, 0) is 16.4 Å². The molecule has 3 aromatic rings. The molecule has 0 aliphatic heterocycles. The standard InChI is InChI=1S/C28H32N4O5S/c1-27-13-10-20-19-7-5-18(33)16-17(19)4-6-21(20)22(27)11-14-28(27,34)12-2-3-15-30-23-8-9-24(38(29,35)36)26-25(23)31-37-32-26/h5,7-9,16,20-22,30,33-34H,3-4,6,10-11,13-15H2,1H3,(H2,29,35,36)/t20-,21-,22+,27+,28+/m1/s1. The molecule has 5 atom stereocenters. The number of aliphatic hydroxyl groups is 1. The van der Waals surface area contributed by atoms with Crippen molar-refractivity contribution >= 4 is 26.7 Å². The maximum absolute atomic E-state index is 11.8. The number of hydrogen-bond donors (Lipinski definition) is 4. The van der Waals surface area contributed by atoms with E-state index in [1.165, 1.54) is 17.2 Å². The molecule has 2 aromatic carbocycles. The summed E-state index contributed by atoms with van der Waals surface area (Å²) in [7, 11) is -3.95. The van der Waals surface area contributed by atoms with Crippen molar-refractivity contribution < 1.29 is 23.3 Å². The van der Waals surface area contributed by atoms with E-state index in [-0.39, 0.29) is 21.3 Å². The monoisotopic (exact) mass is 536 g/mol. The third-order valence-corrected chi connectivity index (χ3v) is 10.3. The maximum Gasteiger partial charge on any atom is 0.240 e. The van der Waals surface area contributed by atoms with E-state index >= 15 is 0 Å². The Labute approximate surface area is 221 Å². The Balaban J connectivity index is 1.14. The van der Waals surface area contributed by atoms with Crippen LogP contribution in [-0.4, -0.2) is 41.1 Å². The molecular formula is C28H32N4O5S. The zero-order valence-corrected chi connectivity index (χ0v) is 22.1. The van der Waals surface area contributed by atoms with Gasteiger partial charge in [-0.25, -0.2) is 18.2 Å². The Kier molecular flexibility index (Phi) is 5.94. The summed E-state index contributed by atoms with van der Waals surface area (Å²) in [5, 5.41) is 37.7. The van der Waals surface area contributed by atoms with E-state index in [0.717, 1.165) is 32.1 Å². The van der Waals surface area contributed by atoms with Gasteiger partial charge in [-0.15, -0.1) is 0 Å². The number of nitrogens with one attached hydrogen (secondary N) is 1. The number of sulfonamides is 1. The van der Waals surface area contributed by atoms with Gasteiger partial charge in [-0.1, -0.05) is 24.8 Å². The quantitative estimate of drug-likeness (QED) is 0.291. The smallest absolute Gasteiger partial charge is 0.240 e. The number of hydrogen-bond acceptors (Lipinski definition) is 8. The topological polar surface area (TPSA) is 152 Å². The molecule has 5 N–H and O–H groups in total. The SMILES string of the molecule is C[C@]12CC[C@@H]3c4ccc(O)cc4CC[C@H]3[C@@H]1CC[C@@]2(O)C#CCCNc1ccc(S(N)(=O)=O)c2nonc12. The number of nitrogens with two attached hydrogens (primary N) is 1. The lowest BCUT2D eigenvalue weighted by molar-refractivity contribution is -0.0648. The second kappa shape index (κ2) is 8.97. The number of anilines is 1. The van der Waals surface area contributed by atoms with Gasteiger partial charge in [0.05, 0.1) is 5.69 Å². The van der Waals surface area contributed by atoms with E-state index in [9.17, 15) is 18.6 Å². The number of fused-ring (bicyclic) bond motifs is 6. The second-order valence-corrected chi connectivity index (χ2v) is 12.8. The van der Waals surface area contributed by atoms with Crippen LogP contribution in [0, 0.1) is 29.1 Å². The van der Waals surface area contributed by atoms with E-state index in [4.69, 9.17) is 9.77 Å². The molecule has 38 heavy (non-hydrogen) atoms. The van der Waals surface area contributed by atoms with E-state index in [1.807, 2.05) is 6.07 Å². The van der Waals surface area contributed by atoms with Crippen LogP contribution in [0.3, 0.4) is 0 Å². The predicted molar refractivity (Wildman–Crippen MR) is 142 cm³/mol. The van der Waals surface area contributed by atoms with Crippen molar-refractivity contribution in [2.45, 2.75) is 68.3 Å². The first-order valence-corrected chi connectivity index (χ1v) is 14.7. The fourth-order valence-corrected chi connectivity index (χ4v) is 8.14. The number of rotatable bonds is 4. The minimum Gasteiger partial charge on any atom is -0.508 e. The number of aromatic nitrogens is 2. The summed E-state index contributed by atoms with van der Waals surface area (Å²) in [5.41, 5.74) is 2.33. The van der Waals surface area contributed by atoms with E-state index in [2.05, 4.69) is 40.5 Å². The average Bonchev–Trinajstić information content (AvgIpc) is 3.46. The number of aromatic hydroxyl groups is 1. The van der Waals surface area contributed by atoms with E-state index in [0.29, 0.717) is 48.6 Å². The maximum atomic E-state index is 11.8. The molecule has 3 aliphatic rings. The van der Waals surface area contributed by atoms with Gasteiger partial charge >= 0.3 is 0 Å². The summed E-state index contributed by atoms with van der Waals surface area (Å²) in [6.07, 6.45) is 6.16. The molecule has 0 bridgehead atoms. The molecule has 0 spiro atoms. The molecule has 9 nitrogen and oxygen atoms in total. The number of primary sulfonamides is 1. The lowest BCUT2D eigenvalue weighted by atomic mass is 9.53. The van der Waals surface area contributed by atoms with Gasteiger partial charge in [0.25, 0.3) is 0 Å². The normalized spacial score (nSPS) is 30.1. The van der Waals surface area contributed by atoms with Gasteiger partial charge in [-0.2, -0.15) is 0 Å². The first kappa shape index (κ1) is 25.2. The highest BCUT2D eigenvalue weighted by Crippen LogP contribution is 2.64. The Morgan fingerprint density at radius 2 is 1.97 bits per heavy atom. The molecule has 1 aromatic heterocycles. The van der Waals surface area contributed by atoms with Gasteiger partial charge in [0.1, 0.15) is 16.2 Å². The summed E-state index contributed by atoms with van der Waals surface area (Å²) in [5.74, 6) is 8.24. The van der Waals surface area contributed by atoms with Crippen molar-refractivity contribution in [2.75, 3.05) is 11.9 Å². The van der Waals surface area contributed by atoms with Gasteiger partial charge in [-0.3, -0.25) is 0 Å².